The Morgan fingerprint density at radius 3 is 2.69 bits per heavy atom. The highest BCUT2D eigenvalue weighted by Gasteiger charge is 2.28. The van der Waals surface area contributed by atoms with Crippen molar-refractivity contribution in [2.24, 2.45) is 5.92 Å². The van der Waals surface area contributed by atoms with Gasteiger partial charge in [0.25, 0.3) is 6.47 Å². The first-order valence-corrected chi connectivity index (χ1v) is 9.40. The van der Waals surface area contributed by atoms with Crippen LogP contribution in [0.15, 0.2) is 18.9 Å². The van der Waals surface area contributed by atoms with Gasteiger partial charge in [-0.2, -0.15) is 0 Å². The van der Waals surface area contributed by atoms with Gasteiger partial charge < -0.3 is 20.7 Å². The molecule has 3 rings (SSSR count). The molecule has 29 heavy (non-hydrogen) atoms. The van der Waals surface area contributed by atoms with E-state index in [0.717, 1.165) is 37.8 Å². The minimum absolute atomic E-state index is 0.0156. The second-order valence-corrected chi connectivity index (χ2v) is 6.75. The van der Waals surface area contributed by atoms with E-state index in [1.165, 1.54) is 11.0 Å². The average molecular weight is 406 g/mol. The lowest BCUT2D eigenvalue weighted by Gasteiger charge is -2.29. The minimum atomic E-state index is -0.450. The van der Waals surface area contributed by atoms with Gasteiger partial charge in [-0.05, 0) is 43.0 Å². The second-order valence-electron chi connectivity index (χ2n) is 6.75. The summed E-state index contributed by atoms with van der Waals surface area (Å²) >= 11 is 0. The lowest BCUT2D eigenvalue weighted by Crippen LogP contribution is -2.43. The highest BCUT2D eigenvalue weighted by Crippen LogP contribution is 2.24. The Kier molecular flexibility index (Phi) is 8.73. The van der Waals surface area contributed by atoms with Gasteiger partial charge in [0.1, 0.15) is 12.4 Å². The molecule has 12 heteroatoms. The molecule has 1 fully saturated rings. The van der Waals surface area contributed by atoms with Gasteiger partial charge in [0.2, 0.25) is 11.8 Å². The van der Waals surface area contributed by atoms with Crippen molar-refractivity contribution < 1.29 is 19.5 Å². The van der Waals surface area contributed by atoms with E-state index in [1.54, 1.807) is 19.4 Å². The van der Waals surface area contributed by atoms with E-state index in [4.69, 9.17) is 9.90 Å². The topological polar surface area (TPSA) is 168 Å². The molecule has 1 aliphatic carbocycles. The molecular weight excluding hydrogens is 380 g/mol. The quantitative estimate of drug-likeness (QED) is 0.454. The van der Waals surface area contributed by atoms with Crippen molar-refractivity contribution in [2.75, 3.05) is 6.54 Å². The molecule has 158 valence electrons. The predicted octanol–water partition coefficient (Wildman–Crippen LogP) is -0.308. The van der Waals surface area contributed by atoms with Crippen LogP contribution in [0.2, 0.25) is 0 Å². The van der Waals surface area contributed by atoms with Crippen LogP contribution in [0.3, 0.4) is 0 Å². The SMILES string of the molecule is C[C@@H](C(=O)NC1CCC(C(=O)NCCc2cnc[nH]2)CC1)n1cnnn1.O=CO. The third-order valence-corrected chi connectivity index (χ3v) is 4.83. The Morgan fingerprint density at radius 2 is 2.10 bits per heavy atom. The number of amides is 2. The molecule has 1 aliphatic rings. The van der Waals surface area contributed by atoms with Gasteiger partial charge in [-0.25, -0.2) is 9.67 Å². The maximum atomic E-state index is 12.3. The summed E-state index contributed by atoms with van der Waals surface area (Å²) < 4.78 is 1.42. The Bertz CT molecular complexity index is 742. The van der Waals surface area contributed by atoms with E-state index in [2.05, 4.69) is 36.1 Å². The van der Waals surface area contributed by atoms with Gasteiger partial charge in [-0.15, -0.1) is 5.10 Å². The highest BCUT2D eigenvalue weighted by molar-refractivity contribution is 5.80. The van der Waals surface area contributed by atoms with Crippen molar-refractivity contribution in [3.05, 3.63) is 24.5 Å². The van der Waals surface area contributed by atoms with Crippen LogP contribution >= 0.6 is 0 Å². The van der Waals surface area contributed by atoms with E-state index < -0.39 is 6.04 Å². The smallest absolute Gasteiger partial charge is 0.290 e. The number of hydrogen-bond donors (Lipinski definition) is 4. The van der Waals surface area contributed by atoms with Crippen LogP contribution < -0.4 is 10.6 Å². The first kappa shape index (κ1) is 22.0. The van der Waals surface area contributed by atoms with Gasteiger partial charge in [0, 0.05) is 36.8 Å². The lowest BCUT2D eigenvalue weighted by atomic mass is 9.85. The number of aromatic nitrogens is 6. The van der Waals surface area contributed by atoms with Crippen molar-refractivity contribution >= 4 is 18.3 Å². The normalized spacial score (nSPS) is 19.3. The number of nitrogens with zero attached hydrogens (tertiary/aromatic N) is 5. The van der Waals surface area contributed by atoms with Crippen molar-refractivity contribution in [3.8, 4) is 0 Å². The molecule has 0 unspecified atom stereocenters. The molecule has 2 heterocycles. The van der Waals surface area contributed by atoms with Crippen LogP contribution in [-0.2, 0) is 20.8 Å². The Labute approximate surface area is 167 Å². The number of H-pyrrole nitrogens is 1. The largest absolute Gasteiger partial charge is 0.483 e. The molecule has 2 aromatic heterocycles. The number of hydrogen-bond acceptors (Lipinski definition) is 7. The summed E-state index contributed by atoms with van der Waals surface area (Å²) in [5.41, 5.74) is 1.01. The van der Waals surface area contributed by atoms with Gasteiger partial charge in [-0.3, -0.25) is 14.4 Å². The van der Waals surface area contributed by atoms with Crippen molar-refractivity contribution in [2.45, 2.75) is 51.1 Å². The molecule has 1 atom stereocenters. The molecule has 0 saturated heterocycles. The third-order valence-electron chi connectivity index (χ3n) is 4.83. The van der Waals surface area contributed by atoms with Crippen LogP contribution in [0.25, 0.3) is 0 Å². The number of imidazole rings is 1. The van der Waals surface area contributed by atoms with Crippen molar-refractivity contribution in [3.63, 3.8) is 0 Å². The van der Waals surface area contributed by atoms with Gasteiger partial charge in [-0.1, -0.05) is 0 Å². The number of tetrazole rings is 1. The molecule has 0 aromatic carbocycles. The van der Waals surface area contributed by atoms with Crippen LogP contribution in [0.5, 0.6) is 0 Å². The van der Waals surface area contributed by atoms with Gasteiger partial charge >= 0.3 is 0 Å². The third kappa shape index (κ3) is 6.97. The zero-order chi connectivity index (χ0) is 21.1. The zero-order valence-corrected chi connectivity index (χ0v) is 16.2. The molecule has 2 aromatic rings. The van der Waals surface area contributed by atoms with E-state index in [9.17, 15) is 9.59 Å². The molecule has 1 saturated carbocycles. The fourth-order valence-corrected chi connectivity index (χ4v) is 3.17. The Morgan fingerprint density at radius 1 is 1.38 bits per heavy atom. The highest BCUT2D eigenvalue weighted by atomic mass is 16.3. The second kappa shape index (κ2) is 11.5. The molecule has 4 N–H and O–H groups in total. The van der Waals surface area contributed by atoms with E-state index in [0.29, 0.717) is 6.54 Å². The van der Waals surface area contributed by atoms with Crippen LogP contribution in [0.4, 0.5) is 0 Å². The van der Waals surface area contributed by atoms with Crippen LogP contribution in [-0.4, -0.2) is 66.2 Å². The molecule has 2 amide bonds. The zero-order valence-electron chi connectivity index (χ0n) is 16.2. The summed E-state index contributed by atoms with van der Waals surface area (Å²) in [5, 5.41) is 23.7. The van der Waals surface area contributed by atoms with Crippen LogP contribution in [0.1, 0.15) is 44.3 Å². The first-order valence-electron chi connectivity index (χ1n) is 9.40. The lowest BCUT2D eigenvalue weighted by molar-refractivity contribution is -0.126. The summed E-state index contributed by atoms with van der Waals surface area (Å²) in [5.74, 6) is 0.00275. The first-order chi connectivity index (χ1) is 14.0. The van der Waals surface area contributed by atoms with Gasteiger partial charge in [0.05, 0.1) is 6.33 Å². The summed E-state index contributed by atoms with van der Waals surface area (Å²) in [6.07, 6.45) is 8.71. The van der Waals surface area contributed by atoms with Crippen molar-refractivity contribution in [1.82, 2.24) is 40.8 Å². The monoisotopic (exact) mass is 406 g/mol. The Hall–Kier alpha value is -3.31. The maximum Gasteiger partial charge on any atom is 0.290 e. The van der Waals surface area contributed by atoms with E-state index >= 15 is 0 Å². The predicted molar refractivity (Wildman–Crippen MR) is 100 cm³/mol. The van der Waals surface area contributed by atoms with Crippen LogP contribution in [0, 0.1) is 5.92 Å². The average Bonchev–Trinajstić information content (AvgIpc) is 3.43. The molecule has 0 bridgehead atoms. The fourth-order valence-electron chi connectivity index (χ4n) is 3.17. The standard InChI is InChI=1S/C16H24N8O2.CH2O2/c1-11(24-10-20-22-23-24)15(25)21-13-4-2-12(3-5-13)16(26)18-7-6-14-8-17-9-19-14;2-1-3/h8-13H,2-7H2,1H3,(H,17,19)(H,18,26)(H,21,25);1H,(H,2,3)/t11-,12?,13?;/m0./s1. The molecule has 12 nitrogen and oxygen atoms in total. The number of carbonyl (C=O) groups is 3. The number of rotatable bonds is 7. The van der Waals surface area contributed by atoms with E-state index in [-0.39, 0.29) is 30.2 Å². The number of carboxylic acid groups (broad SMARTS) is 1. The summed E-state index contributed by atoms with van der Waals surface area (Å²) in [6.45, 7) is 2.10. The van der Waals surface area contributed by atoms with Crippen molar-refractivity contribution in [1.29, 1.82) is 0 Å². The fraction of sp³-hybridized carbons (Fsp3) is 0.588. The maximum absolute atomic E-state index is 12.3. The molecule has 0 aliphatic heterocycles. The molecular formula is C17H26N8O4. The summed E-state index contributed by atoms with van der Waals surface area (Å²) in [7, 11) is 0. The number of carbonyl (C=O) groups excluding carboxylic acids is 2. The van der Waals surface area contributed by atoms with Gasteiger partial charge in [0.15, 0.2) is 0 Å². The molecule has 0 spiro atoms. The minimum Gasteiger partial charge on any atom is -0.483 e. The summed E-state index contributed by atoms with van der Waals surface area (Å²) in [4.78, 5) is 39.9. The molecule has 0 radical (unpaired) electrons. The number of nitrogens with one attached hydrogen (secondary N) is 3. The Balaban J connectivity index is 0.000000941. The van der Waals surface area contributed by atoms with E-state index in [1.807, 2.05) is 0 Å². The summed E-state index contributed by atoms with van der Waals surface area (Å²) in [6, 6.07) is -0.357. The number of aromatic amines is 1.